The Bertz CT molecular complexity index is 556. The number of hydrogen-bond acceptors (Lipinski definition) is 2. The first-order valence-corrected chi connectivity index (χ1v) is 7.55. The summed E-state index contributed by atoms with van der Waals surface area (Å²) in [4.78, 5) is 2.70. The second-order valence-electron chi connectivity index (χ2n) is 5.02. The first-order valence-electron chi connectivity index (χ1n) is 6.74. The van der Waals surface area contributed by atoms with Gasteiger partial charge in [0.25, 0.3) is 0 Å². The molecule has 1 nitrogen and oxygen atoms in total. The normalized spacial score (nSPS) is 15.7. The lowest BCUT2D eigenvalue weighted by molar-refractivity contribution is 0.887. The van der Waals surface area contributed by atoms with E-state index in [9.17, 15) is 0 Å². The maximum atomic E-state index is 6.39. The summed E-state index contributed by atoms with van der Waals surface area (Å²) in [5.74, 6) is 0. The van der Waals surface area contributed by atoms with Gasteiger partial charge in [0, 0.05) is 9.75 Å². The Morgan fingerprint density at radius 1 is 1.17 bits per heavy atom. The average molecular weight is 257 g/mol. The second kappa shape index (κ2) is 4.87. The summed E-state index contributed by atoms with van der Waals surface area (Å²) in [6.07, 6.45) is 4.86. The molecular weight excluding hydrogens is 238 g/mol. The number of hydrogen-bond donors (Lipinski definition) is 1. The van der Waals surface area contributed by atoms with Crippen LogP contribution in [0.3, 0.4) is 0 Å². The maximum Gasteiger partial charge on any atom is 0.0646 e. The van der Waals surface area contributed by atoms with Gasteiger partial charge in [-0.25, -0.2) is 0 Å². The zero-order valence-corrected chi connectivity index (χ0v) is 11.6. The van der Waals surface area contributed by atoms with Gasteiger partial charge in [-0.15, -0.1) is 11.3 Å². The van der Waals surface area contributed by atoms with Crippen LogP contribution in [0.1, 0.15) is 45.8 Å². The van der Waals surface area contributed by atoms with Crippen LogP contribution in [0.5, 0.6) is 0 Å². The van der Waals surface area contributed by atoms with Crippen molar-refractivity contribution in [2.75, 3.05) is 0 Å². The van der Waals surface area contributed by atoms with Crippen LogP contribution in [0, 0.1) is 0 Å². The van der Waals surface area contributed by atoms with Gasteiger partial charge in [0.2, 0.25) is 0 Å². The Morgan fingerprint density at radius 2 is 2.00 bits per heavy atom. The number of benzene rings is 1. The summed E-state index contributed by atoms with van der Waals surface area (Å²) in [5.41, 5.74) is 10.7. The summed E-state index contributed by atoms with van der Waals surface area (Å²) in [7, 11) is 0. The third-order valence-corrected chi connectivity index (χ3v) is 5.13. The van der Waals surface area contributed by atoms with Crippen molar-refractivity contribution in [2.45, 2.75) is 38.6 Å². The first-order chi connectivity index (χ1) is 8.78. The zero-order chi connectivity index (χ0) is 12.5. The quantitative estimate of drug-likeness (QED) is 0.888. The highest BCUT2D eigenvalue weighted by molar-refractivity contribution is 7.12. The Kier molecular flexibility index (Phi) is 3.23. The van der Waals surface area contributed by atoms with Crippen LogP contribution in [-0.2, 0) is 19.3 Å². The lowest BCUT2D eigenvalue weighted by Crippen LogP contribution is -2.10. The van der Waals surface area contributed by atoms with Gasteiger partial charge >= 0.3 is 0 Å². The molecule has 1 unspecified atom stereocenters. The molecule has 0 aliphatic heterocycles. The van der Waals surface area contributed by atoms with Crippen molar-refractivity contribution in [3.8, 4) is 0 Å². The molecule has 1 aromatic carbocycles. The van der Waals surface area contributed by atoms with Crippen molar-refractivity contribution in [2.24, 2.45) is 5.73 Å². The van der Waals surface area contributed by atoms with Gasteiger partial charge in [0.05, 0.1) is 6.04 Å². The lowest BCUT2D eigenvalue weighted by Gasteiger charge is -2.12. The molecule has 0 amide bonds. The summed E-state index contributed by atoms with van der Waals surface area (Å²) < 4.78 is 0. The van der Waals surface area contributed by atoms with Crippen LogP contribution in [0.4, 0.5) is 0 Å². The number of rotatable bonds is 3. The molecule has 1 heterocycles. The Balaban J connectivity index is 1.89. The van der Waals surface area contributed by atoms with Gasteiger partial charge in [-0.05, 0) is 54.5 Å². The third kappa shape index (κ3) is 2.11. The highest BCUT2D eigenvalue weighted by atomic mass is 32.1. The smallest absolute Gasteiger partial charge is 0.0646 e. The highest BCUT2D eigenvalue weighted by Gasteiger charge is 2.15. The molecule has 94 valence electrons. The monoisotopic (exact) mass is 257 g/mol. The molecule has 1 atom stereocenters. The molecule has 0 fully saturated rings. The van der Waals surface area contributed by atoms with E-state index < -0.39 is 0 Å². The van der Waals surface area contributed by atoms with Gasteiger partial charge in [-0.1, -0.05) is 25.1 Å². The van der Waals surface area contributed by atoms with Crippen molar-refractivity contribution in [3.05, 3.63) is 56.8 Å². The van der Waals surface area contributed by atoms with E-state index in [-0.39, 0.29) is 6.04 Å². The van der Waals surface area contributed by atoms with Crippen molar-refractivity contribution in [1.82, 2.24) is 0 Å². The van der Waals surface area contributed by atoms with Crippen molar-refractivity contribution in [3.63, 3.8) is 0 Å². The highest BCUT2D eigenvalue weighted by Crippen LogP contribution is 2.30. The van der Waals surface area contributed by atoms with Crippen molar-refractivity contribution >= 4 is 11.3 Å². The van der Waals surface area contributed by atoms with Gasteiger partial charge in [-0.2, -0.15) is 0 Å². The van der Waals surface area contributed by atoms with E-state index in [0.29, 0.717) is 0 Å². The van der Waals surface area contributed by atoms with Crippen LogP contribution < -0.4 is 5.73 Å². The molecule has 0 saturated heterocycles. The number of fused-ring (bicyclic) bond motifs is 1. The van der Waals surface area contributed by atoms with Crippen LogP contribution in [0.25, 0.3) is 0 Å². The molecule has 2 aromatic rings. The van der Waals surface area contributed by atoms with Gasteiger partial charge in [0.1, 0.15) is 0 Å². The molecule has 1 aliphatic rings. The number of aryl methyl sites for hydroxylation is 3. The number of nitrogens with two attached hydrogens (primary N) is 1. The molecule has 0 saturated carbocycles. The summed E-state index contributed by atoms with van der Waals surface area (Å²) in [6, 6.07) is 11.2. The van der Waals surface area contributed by atoms with Crippen LogP contribution in [-0.4, -0.2) is 0 Å². The van der Waals surface area contributed by atoms with Gasteiger partial charge in [0.15, 0.2) is 0 Å². The number of thiophene rings is 1. The topological polar surface area (TPSA) is 26.0 Å². The van der Waals surface area contributed by atoms with E-state index in [1.54, 1.807) is 0 Å². The predicted octanol–water partition coefficient (Wildman–Crippen LogP) is 3.85. The zero-order valence-electron chi connectivity index (χ0n) is 10.8. The average Bonchev–Trinajstić information content (AvgIpc) is 3.05. The summed E-state index contributed by atoms with van der Waals surface area (Å²) in [5, 5.41) is 0. The van der Waals surface area contributed by atoms with E-state index in [4.69, 9.17) is 5.73 Å². The Morgan fingerprint density at radius 3 is 2.78 bits per heavy atom. The molecule has 2 heteroatoms. The van der Waals surface area contributed by atoms with Gasteiger partial charge < -0.3 is 5.73 Å². The Hall–Kier alpha value is -1.12. The van der Waals surface area contributed by atoms with Crippen molar-refractivity contribution < 1.29 is 0 Å². The minimum atomic E-state index is 0.0428. The molecular formula is C16H19NS. The minimum absolute atomic E-state index is 0.0428. The molecule has 1 aliphatic carbocycles. The van der Waals surface area contributed by atoms with Crippen molar-refractivity contribution in [1.29, 1.82) is 0 Å². The second-order valence-corrected chi connectivity index (χ2v) is 6.22. The van der Waals surface area contributed by atoms with Gasteiger partial charge in [-0.3, -0.25) is 0 Å². The van der Waals surface area contributed by atoms with E-state index in [1.165, 1.54) is 45.7 Å². The summed E-state index contributed by atoms with van der Waals surface area (Å²) in [6.45, 7) is 2.19. The third-order valence-electron chi connectivity index (χ3n) is 3.82. The molecule has 0 bridgehead atoms. The van der Waals surface area contributed by atoms with E-state index in [1.807, 2.05) is 11.3 Å². The van der Waals surface area contributed by atoms with Crippen LogP contribution in [0.15, 0.2) is 30.3 Å². The SMILES string of the molecule is CCc1ccc(C(N)c2ccc3c(c2)CCC3)s1. The molecule has 1 aromatic heterocycles. The molecule has 2 N–H and O–H groups in total. The summed E-state index contributed by atoms with van der Waals surface area (Å²) >= 11 is 1.84. The van der Waals surface area contributed by atoms with E-state index >= 15 is 0 Å². The minimum Gasteiger partial charge on any atom is -0.320 e. The largest absolute Gasteiger partial charge is 0.320 e. The fraction of sp³-hybridized carbons (Fsp3) is 0.375. The van der Waals surface area contributed by atoms with E-state index in [2.05, 4.69) is 37.3 Å². The fourth-order valence-corrected chi connectivity index (χ4v) is 3.68. The molecule has 0 radical (unpaired) electrons. The van der Waals surface area contributed by atoms with Crippen LogP contribution in [0.2, 0.25) is 0 Å². The first kappa shape index (κ1) is 11.9. The van der Waals surface area contributed by atoms with E-state index in [0.717, 1.165) is 6.42 Å². The Labute approximate surface area is 113 Å². The lowest BCUT2D eigenvalue weighted by atomic mass is 10.0. The predicted molar refractivity (Wildman–Crippen MR) is 78.2 cm³/mol. The standard InChI is InChI=1S/C16H19NS/c1-2-14-8-9-15(18-14)16(17)13-7-6-11-4-3-5-12(11)10-13/h6-10,16H,2-5,17H2,1H3. The fourth-order valence-electron chi connectivity index (χ4n) is 2.70. The molecule has 0 spiro atoms. The molecule has 3 rings (SSSR count). The molecule has 18 heavy (non-hydrogen) atoms. The maximum absolute atomic E-state index is 6.39. The van der Waals surface area contributed by atoms with Crippen LogP contribution >= 0.6 is 11.3 Å².